The van der Waals surface area contributed by atoms with Crippen LogP contribution in [0.4, 0.5) is 4.79 Å². The highest BCUT2D eigenvalue weighted by Crippen LogP contribution is 2.05. The van der Waals surface area contributed by atoms with Crippen LogP contribution in [0.25, 0.3) is 0 Å². The molecule has 0 saturated carbocycles. The van der Waals surface area contributed by atoms with E-state index in [9.17, 15) is 9.59 Å². The Morgan fingerprint density at radius 2 is 1.95 bits per heavy atom. The van der Waals surface area contributed by atoms with Crippen LogP contribution in [0.2, 0.25) is 0 Å². The van der Waals surface area contributed by atoms with Crippen LogP contribution >= 0.6 is 0 Å². The number of amides is 2. The van der Waals surface area contributed by atoms with Gasteiger partial charge in [-0.25, -0.2) is 9.59 Å². The van der Waals surface area contributed by atoms with E-state index in [0.717, 1.165) is 5.57 Å². The Balaban J connectivity index is 5.26. The van der Waals surface area contributed by atoms with E-state index in [1.54, 1.807) is 45.3 Å². The van der Waals surface area contributed by atoms with Gasteiger partial charge in [-0.1, -0.05) is 6.08 Å². The van der Waals surface area contributed by atoms with Crippen molar-refractivity contribution in [1.82, 2.24) is 10.6 Å². The van der Waals surface area contributed by atoms with E-state index in [-0.39, 0.29) is 0 Å². The van der Waals surface area contributed by atoms with Gasteiger partial charge in [-0.05, 0) is 44.7 Å². The SMILES string of the molecule is C/C=C\NC(/C=C/C(=NC)/C(C)=C(\C)NC(N)=O)C(=O)OC. The first-order valence-electron chi connectivity index (χ1n) is 6.71. The minimum absolute atomic E-state index is 0.418. The number of nitrogens with zero attached hydrogens (tertiary/aromatic N) is 1. The second-order valence-electron chi connectivity index (χ2n) is 4.37. The molecule has 7 nitrogen and oxygen atoms in total. The molecule has 0 aliphatic carbocycles. The van der Waals surface area contributed by atoms with Crippen LogP contribution in [0.15, 0.2) is 40.7 Å². The fraction of sp³-hybridized carbons (Fsp3) is 0.400. The van der Waals surface area contributed by atoms with Crippen molar-refractivity contribution < 1.29 is 14.3 Å². The molecule has 0 aromatic heterocycles. The minimum atomic E-state index is -0.640. The summed E-state index contributed by atoms with van der Waals surface area (Å²) in [4.78, 5) is 26.7. The Kier molecular flexibility index (Phi) is 9.01. The number of ether oxygens (including phenoxy) is 1. The van der Waals surface area contributed by atoms with Gasteiger partial charge < -0.3 is 21.1 Å². The molecule has 0 radical (unpaired) electrons. The molecule has 22 heavy (non-hydrogen) atoms. The summed E-state index contributed by atoms with van der Waals surface area (Å²) in [6.45, 7) is 5.34. The molecule has 7 heteroatoms. The van der Waals surface area contributed by atoms with Crippen molar-refractivity contribution in [2.75, 3.05) is 14.2 Å². The summed E-state index contributed by atoms with van der Waals surface area (Å²) < 4.78 is 4.72. The predicted octanol–water partition coefficient (Wildman–Crippen LogP) is 1.24. The van der Waals surface area contributed by atoms with Crippen LogP contribution in [0.1, 0.15) is 20.8 Å². The van der Waals surface area contributed by atoms with Gasteiger partial charge in [0.25, 0.3) is 0 Å². The molecule has 122 valence electrons. The lowest BCUT2D eigenvalue weighted by Crippen LogP contribution is -2.32. The van der Waals surface area contributed by atoms with Crippen LogP contribution in [-0.2, 0) is 9.53 Å². The number of carbonyl (C=O) groups excluding carboxylic acids is 2. The van der Waals surface area contributed by atoms with Crippen molar-refractivity contribution in [3.63, 3.8) is 0 Å². The summed E-state index contributed by atoms with van der Waals surface area (Å²) in [6, 6.07) is -1.27. The molecule has 0 aliphatic rings. The third-order valence-electron chi connectivity index (χ3n) is 2.84. The van der Waals surface area contributed by atoms with Gasteiger partial charge in [0.1, 0.15) is 6.04 Å². The molecule has 0 aromatic carbocycles. The van der Waals surface area contributed by atoms with E-state index in [1.807, 2.05) is 6.92 Å². The summed E-state index contributed by atoms with van der Waals surface area (Å²) in [7, 11) is 2.94. The monoisotopic (exact) mass is 308 g/mol. The number of nitrogens with one attached hydrogen (secondary N) is 2. The second-order valence-corrected chi connectivity index (χ2v) is 4.37. The molecule has 4 N–H and O–H groups in total. The van der Waals surface area contributed by atoms with E-state index in [1.165, 1.54) is 7.11 Å². The number of hydrogen-bond donors (Lipinski definition) is 3. The maximum Gasteiger partial charge on any atom is 0.332 e. The molecule has 0 spiro atoms. The molecule has 0 aliphatic heterocycles. The van der Waals surface area contributed by atoms with Gasteiger partial charge in [0.15, 0.2) is 0 Å². The average molecular weight is 308 g/mol. The number of allylic oxidation sites excluding steroid dienone is 4. The highest BCUT2D eigenvalue weighted by molar-refractivity contribution is 6.09. The molecule has 1 unspecified atom stereocenters. The Morgan fingerprint density at radius 1 is 1.32 bits per heavy atom. The molecule has 0 rings (SSSR count). The number of aliphatic imine (C=N–C) groups is 1. The summed E-state index contributed by atoms with van der Waals surface area (Å²) >= 11 is 0. The van der Waals surface area contributed by atoms with E-state index in [4.69, 9.17) is 10.5 Å². The largest absolute Gasteiger partial charge is 0.467 e. The van der Waals surface area contributed by atoms with Crippen molar-refractivity contribution in [2.24, 2.45) is 10.7 Å². The number of primary amides is 1. The molecule has 0 saturated heterocycles. The number of carbonyl (C=O) groups is 2. The lowest BCUT2D eigenvalue weighted by atomic mass is 10.1. The predicted molar refractivity (Wildman–Crippen MR) is 87.3 cm³/mol. The first-order valence-corrected chi connectivity index (χ1v) is 6.71. The van der Waals surface area contributed by atoms with Crippen molar-refractivity contribution in [1.29, 1.82) is 0 Å². The Hall–Kier alpha value is -2.57. The number of hydrogen-bond acceptors (Lipinski definition) is 5. The van der Waals surface area contributed by atoms with Crippen LogP contribution in [0.3, 0.4) is 0 Å². The molecule has 2 amide bonds. The van der Waals surface area contributed by atoms with Crippen LogP contribution in [0, 0.1) is 0 Å². The minimum Gasteiger partial charge on any atom is -0.467 e. The fourth-order valence-corrected chi connectivity index (χ4v) is 1.55. The number of methoxy groups -OCH3 is 1. The van der Waals surface area contributed by atoms with Gasteiger partial charge in [0.2, 0.25) is 0 Å². The van der Waals surface area contributed by atoms with Crippen molar-refractivity contribution in [3.05, 3.63) is 35.7 Å². The van der Waals surface area contributed by atoms with Gasteiger partial charge >= 0.3 is 12.0 Å². The fourth-order valence-electron chi connectivity index (χ4n) is 1.55. The molecule has 0 fully saturated rings. The van der Waals surface area contributed by atoms with Crippen molar-refractivity contribution >= 4 is 17.7 Å². The Labute approximate surface area is 131 Å². The third kappa shape index (κ3) is 6.74. The Bertz CT molecular complexity index is 519. The quantitative estimate of drug-likeness (QED) is 0.486. The van der Waals surface area contributed by atoms with Gasteiger partial charge in [0.05, 0.1) is 12.8 Å². The van der Waals surface area contributed by atoms with Crippen molar-refractivity contribution in [3.8, 4) is 0 Å². The molecule has 0 bridgehead atoms. The number of urea groups is 1. The smallest absolute Gasteiger partial charge is 0.332 e. The standard InChI is InChI=1S/C15H24N4O3/c1-6-9-18-13(14(20)22-5)8-7-12(17-4)10(2)11(3)19-15(16)21/h6-9,13,18H,1-5H3,(H3,16,19,21)/b8-7+,9-6-,11-10+,17-12?. The average Bonchev–Trinajstić information content (AvgIpc) is 2.48. The Morgan fingerprint density at radius 3 is 2.41 bits per heavy atom. The van der Waals surface area contributed by atoms with Crippen LogP contribution < -0.4 is 16.4 Å². The maximum absolute atomic E-state index is 11.7. The molecular formula is C15H24N4O3. The zero-order valence-electron chi connectivity index (χ0n) is 13.6. The first kappa shape index (κ1) is 19.4. The maximum atomic E-state index is 11.7. The first-order chi connectivity index (χ1) is 10.4. The zero-order chi connectivity index (χ0) is 17.1. The van der Waals surface area contributed by atoms with Gasteiger partial charge in [-0.15, -0.1) is 0 Å². The van der Waals surface area contributed by atoms with Gasteiger partial charge in [0, 0.05) is 12.7 Å². The van der Waals surface area contributed by atoms with Gasteiger partial charge in [-0.2, -0.15) is 0 Å². The van der Waals surface area contributed by atoms with Crippen LogP contribution in [0.5, 0.6) is 0 Å². The summed E-state index contributed by atoms with van der Waals surface area (Å²) in [5, 5.41) is 5.40. The zero-order valence-corrected chi connectivity index (χ0v) is 13.6. The molecule has 1 atom stereocenters. The highest BCUT2D eigenvalue weighted by Gasteiger charge is 2.14. The lowest BCUT2D eigenvalue weighted by molar-refractivity contribution is -0.141. The van der Waals surface area contributed by atoms with E-state index < -0.39 is 18.0 Å². The number of nitrogens with two attached hydrogens (primary N) is 1. The lowest BCUT2D eigenvalue weighted by Gasteiger charge is -2.12. The third-order valence-corrected chi connectivity index (χ3v) is 2.84. The van der Waals surface area contributed by atoms with E-state index in [0.29, 0.717) is 11.4 Å². The summed E-state index contributed by atoms with van der Waals surface area (Å²) in [5.41, 5.74) is 7.03. The van der Waals surface area contributed by atoms with Crippen molar-refractivity contribution in [2.45, 2.75) is 26.8 Å². The normalized spacial score (nSPS) is 14.7. The van der Waals surface area contributed by atoms with Crippen LogP contribution in [-0.4, -0.2) is 37.9 Å². The second kappa shape index (κ2) is 10.2. The van der Waals surface area contributed by atoms with E-state index in [2.05, 4.69) is 15.6 Å². The molecule has 0 aromatic rings. The number of esters is 1. The number of rotatable bonds is 7. The topological polar surface area (TPSA) is 106 Å². The van der Waals surface area contributed by atoms with Gasteiger partial charge in [-0.3, -0.25) is 4.99 Å². The summed E-state index contributed by atoms with van der Waals surface area (Å²) in [6.07, 6.45) is 6.73. The molecular weight excluding hydrogens is 284 g/mol. The summed E-state index contributed by atoms with van der Waals surface area (Å²) in [5.74, 6) is -0.418. The molecule has 0 heterocycles. The van der Waals surface area contributed by atoms with E-state index >= 15 is 0 Å². The highest BCUT2D eigenvalue weighted by atomic mass is 16.5.